The van der Waals surface area contributed by atoms with Crippen LogP contribution in [-0.4, -0.2) is 30.0 Å². The highest BCUT2D eigenvalue weighted by Crippen LogP contribution is 2.13. The Kier molecular flexibility index (Phi) is 4.45. The summed E-state index contributed by atoms with van der Waals surface area (Å²) >= 11 is 1.83. The number of benzene rings is 1. The molecule has 0 aliphatic carbocycles. The topological polar surface area (TPSA) is 41.1 Å². The van der Waals surface area contributed by atoms with Gasteiger partial charge in [-0.1, -0.05) is 19.1 Å². The average molecular weight is 250 g/mol. The number of hydrogen-bond donors (Lipinski definition) is 2. The van der Waals surface area contributed by atoms with Crippen molar-refractivity contribution in [3.63, 3.8) is 0 Å². The van der Waals surface area contributed by atoms with Crippen LogP contribution in [-0.2, 0) is 11.2 Å². The Morgan fingerprint density at radius 2 is 2.47 bits per heavy atom. The van der Waals surface area contributed by atoms with E-state index in [2.05, 4.69) is 23.6 Å². The molecule has 3 nitrogen and oxygen atoms in total. The molecule has 1 saturated heterocycles. The molecule has 1 aliphatic rings. The molecule has 0 spiro atoms. The van der Waals surface area contributed by atoms with E-state index in [1.165, 1.54) is 5.56 Å². The molecule has 2 N–H and O–H groups in total. The highest BCUT2D eigenvalue weighted by Gasteiger charge is 2.20. The smallest absolute Gasteiger partial charge is 0.242 e. The SMILES string of the molecule is CCc1cccc(NC(=O)C2CSCCN2)c1. The van der Waals surface area contributed by atoms with Crippen LogP contribution in [0.25, 0.3) is 0 Å². The van der Waals surface area contributed by atoms with E-state index in [9.17, 15) is 4.79 Å². The predicted molar refractivity (Wildman–Crippen MR) is 73.6 cm³/mol. The van der Waals surface area contributed by atoms with Crippen LogP contribution in [0.4, 0.5) is 5.69 Å². The summed E-state index contributed by atoms with van der Waals surface area (Å²) in [5.74, 6) is 2.03. The summed E-state index contributed by atoms with van der Waals surface area (Å²) in [5.41, 5.74) is 2.14. The number of amides is 1. The summed E-state index contributed by atoms with van der Waals surface area (Å²) in [6.45, 7) is 3.03. The van der Waals surface area contributed by atoms with E-state index in [1.807, 2.05) is 30.0 Å². The van der Waals surface area contributed by atoms with Gasteiger partial charge in [0.15, 0.2) is 0 Å². The van der Waals surface area contributed by atoms with E-state index in [0.29, 0.717) is 0 Å². The van der Waals surface area contributed by atoms with E-state index in [1.54, 1.807) is 0 Å². The van der Waals surface area contributed by atoms with Crippen LogP contribution in [0.1, 0.15) is 12.5 Å². The molecule has 1 atom stereocenters. The largest absolute Gasteiger partial charge is 0.325 e. The summed E-state index contributed by atoms with van der Waals surface area (Å²) in [7, 11) is 0. The lowest BCUT2D eigenvalue weighted by Gasteiger charge is -2.22. The second kappa shape index (κ2) is 6.07. The molecule has 1 unspecified atom stereocenters. The first-order chi connectivity index (χ1) is 8.29. The normalized spacial score (nSPS) is 19.9. The van der Waals surface area contributed by atoms with Crippen molar-refractivity contribution in [2.24, 2.45) is 0 Å². The van der Waals surface area contributed by atoms with E-state index in [4.69, 9.17) is 0 Å². The summed E-state index contributed by atoms with van der Waals surface area (Å²) in [4.78, 5) is 12.0. The first-order valence-corrected chi connectivity index (χ1v) is 7.16. The molecule has 92 valence electrons. The minimum absolute atomic E-state index is 0.0565. The minimum atomic E-state index is -0.0565. The minimum Gasteiger partial charge on any atom is -0.325 e. The second-order valence-corrected chi connectivity index (χ2v) is 5.27. The highest BCUT2D eigenvalue weighted by atomic mass is 32.2. The van der Waals surface area contributed by atoms with Crippen molar-refractivity contribution in [1.82, 2.24) is 5.32 Å². The number of aryl methyl sites for hydroxylation is 1. The molecule has 1 aliphatic heterocycles. The van der Waals surface area contributed by atoms with Crippen LogP contribution >= 0.6 is 11.8 Å². The van der Waals surface area contributed by atoms with Gasteiger partial charge < -0.3 is 10.6 Å². The third-order valence-corrected chi connectivity index (χ3v) is 3.90. The molecule has 1 heterocycles. The quantitative estimate of drug-likeness (QED) is 0.861. The van der Waals surface area contributed by atoms with Crippen LogP contribution in [0.3, 0.4) is 0 Å². The molecular formula is C13H18N2OS. The maximum Gasteiger partial charge on any atom is 0.242 e. The van der Waals surface area contributed by atoms with E-state index < -0.39 is 0 Å². The third kappa shape index (κ3) is 3.48. The molecular weight excluding hydrogens is 232 g/mol. The number of carbonyl (C=O) groups is 1. The fourth-order valence-corrected chi connectivity index (χ4v) is 2.77. The van der Waals surface area contributed by atoms with Gasteiger partial charge in [0.2, 0.25) is 5.91 Å². The van der Waals surface area contributed by atoms with Crippen molar-refractivity contribution in [3.05, 3.63) is 29.8 Å². The fraction of sp³-hybridized carbons (Fsp3) is 0.462. The van der Waals surface area contributed by atoms with Crippen molar-refractivity contribution < 1.29 is 4.79 Å². The van der Waals surface area contributed by atoms with E-state index in [-0.39, 0.29) is 11.9 Å². The number of thioether (sulfide) groups is 1. The molecule has 0 bridgehead atoms. The Morgan fingerprint density at radius 3 is 3.18 bits per heavy atom. The molecule has 1 aromatic rings. The summed E-state index contributed by atoms with van der Waals surface area (Å²) in [5, 5.41) is 6.21. The number of rotatable bonds is 3. The Hall–Kier alpha value is -1.00. The molecule has 1 amide bonds. The third-order valence-electron chi connectivity index (χ3n) is 2.84. The standard InChI is InChI=1S/C13H18N2OS/c1-2-10-4-3-5-11(8-10)15-13(16)12-9-17-7-6-14-12/h3-5,8,12,14H,2,6-7,9H2,1H3,(H,15,16). The molecule has 1 aromatic carbocycles. The maximum atomic E-state index is 12.0. The Labute approximate surface area is 106 Å². The first kappa shape index (κ1) is 12.5. The lowest BCUT2D eigenvalue weighted by Crippen LogP contribution is -2.46. The predicted octanol–water partition coefficient (Wildman–Crippen LogP) is 1.89. The van der Waals surface area contributed by atoms with Gasteiger partial charge in [0.05, 0.1) is 6.04 Å². The summed E-state index contributed by atoms with van der Waals surface area (Å²) in [6, 6.07) is 7.97. The van der Waals surface area contributed by atoms with E-state index >= 15 is 0 Å². The second-order valence-electron chi connectivity index (χ2n) is 4.12. The monoisotopic (exact) mass is 250 g/mol. The zero-order valence-corrected chi connectivity index (χ0v) is 10.8. The maximum absolute atomic E-state index is 12.0. The van der Waals surface area contributed by atoms with Crippen LogP contribution in [0.2, 0.25) is 0 Å². The zero-order chi connectivity index (χ0) is 12.1. The van der Waals surface area contributed by atoms with Crippen molar-refractivity contribution in [1.29, 1.82) is 0 Å². The van der Waals surface area contributed by atoms with Crippen LogP contribution < -0.4 is 10.6 Å². The van der Waals surface area contributed by atoms with E-state index in [0.717, 1.165) is 30.2 Å². The van der Waals surface area contributed by atoms with Gasteiger partial charge in [0, 0.05) is 23.7 Å². The molecule has 4 heteroatoms. The number of anilines is 1. The molecule has 17 heavy (non-hydrogen) atoms. The van der Waals surface area contributed by atoms with Crippen LogP contribution in [0, 0.1) is 0 Å². The van der Waals surface area contributed by atoms with Crippen LogP contribution in [0.15, 0.2) is 24.3 Å². The molecule has 0 radical (unpaired) electrons. The molecule has 0 aromatic heterocycles. The van der Waals surface area contributed by atoms with Crippen molar-refractivity contribution >= 4 is 23.4 Å². The van der Waals surface area contributed by atoms with Gasteiger partial charge in [-0.15, -0.1) is 0 Å². The van der Waals surface area contributed by atoms with Gasteiger partial charge in [-0.05, 0) is 24.1 Å². The Balaban J connectivity index is 1.96. The summed E-state index contributed by atoms with van der Waals surface area (Å²) < 4.78 is 0. The average Bonchev–Trinajstić information content (AvgIpc) is 2.40. The van der Waals surface area contributed by atoms with Gasteiger partial charge in [-0.25, -0.2) is 0 Å². The van der Waals surface area contributed by atoms with Gasteiger partial charge in [-0.2, -0.15) is 11.8 Å². The van der Waals surface area contributed by atoms with Crippen LogP contribution in [0.5, 0.6) is 0 Å². The zero-order valence-electron chi connectivity index (χ0n) is 10.0. The van der Waals surface area contributed by atoms with Gasteiger partial charge >= 0.3 is 0 Å². The fourth-order valence-electron chi connectivity index (χ4n) is 1.83. The molecule has 2 rings (SSSR count). The lowest BCUT2D eigenvalue weighted by molar-refractivity contribution is -0.117. The number of hydrogen-bond acceptors (Lipinski definition) is 3. The molecule has 0 saturated carbocycles. The van der Waals surface area contributed by atoms with Crippen molar-refractivity contribution in [2.45, 2.75) is 19.4 Å². The number of carbonyl (C=O) groups excluding carboxylic acids is 1. The molecule has 1 fully saturated rings. The van der Waals surface area contributed by atoms with Gasteiger partial charge in [0.25, 0.3) is 0 Å². The number of nitrogens with one attached hydrogen (secondary N) is 2. The first-order valence-electron chi connectivity index (χ1n) is 6.00. The summed E-state index contributed by atoms with van der Waals surface area (Å²) in [6.07, 6.45) is 0.987. The van der Waals surface area contributed by atoms with Gasteiger partial charge in [-0.3, -0.25) is 4.79 Å². The Bertz CT molecular complexity index is 389. The van der Waals surface area contributed by atoms with Crippen molar-refractivity contribution in [3.8, 4) is 0 Å². The van der Waals surface area contributed by atoms with Gasteiger partial charge in [0.1, 0.15) is 0 Å². The lowest BCUT2D eigenvalue weighted by atomic mass is 10.1. The van der Waals surface area contributed by atoms with Crippen molar-refractivity contribution in [2.75, 3.05) is 23.4 Å². The highest BCUT2D eigenvalue weighted by molar-refractivity contribution is 7.99. The Morgan fingerprint density at radius 1 is 1.59 bits per heavy atom.